The number of nitrogens with zero attached hydrogens (tertiary/aromatic N) is 1. The predicted octanol–water partition coefficient (Wildman–Crippen LogP) is 2.93. The first-order valence-electron chi connectivity index (χ1n) is 6.54. The summed E-state index contributed by atoms with van der Waals surface area (Å²) in [5, 5.41) is 0. The molecule has 0 atom stereocenters. The summed E-state index contributed by atoms with van der Waals surface area (Å²) >= 11 is 0. The Morgan fingerprint density at radius 3 is 2.70 bits per heavy atom. The maximum Gasteiger partial charge on any atom is 0.410 e. The molecule has 0 spiro atoms. The fourth-order valence-electron chi connectivity index (χ4n) is 2.28. The number of fused-ring (bicyclic) bond motifs is 1. The Balaban J connectivity index is 2.21. The van der Waals surface area contributed by atoms with Crippen molar-refractivity contribution in [1.82, 2.24) is 4.90 Å². The van der Waals surface area contributed by atoms with Crippen LogP contribution in [0.1, 0.15) is 42.3 Å². The Morgan fingerprint density at radius 1 is 1.40 bits per heavy atom. The molecule has 1 amide bonds. The highest BCUT2D eigenvalue weighted by Gasteiger charge is 2.27. The molecule has 1 heterocycles. The van der Waals surface area contributed by atoms with Crippen LogP contribution in [0.15, 0.2) is 12.1 Å². The van der Waals surface area contributed by atoms with Crippen molar-refractivity contribution in [1.29, 1.82) is 0 Å². The van der Waals surface area contributed by atoms with Gasteiger partial charge in [0.25, 0.3) is 0 Å². The van der Waals surface area contributed by atoms with Gasteiger partial charge >= 0.3 is 6.09 Å². The smallest absolute Gasteiger partial charge is 0.410 e. The quantitative estimate of drug-likeness (QED) is 0.742. The number of hydrogen-bond donors (Lipinski definition) is 0. The molecule has 20 heavy (non-hydrogen) atoms. The average molecular weight is 279 g/mol. The maximum atomic E-state index is 13.4. The normalized spacial score (nSPS) is 14.7. The van der Waals surface area contributed by atoms with Crippen LogP contribution in [-0.4, -0.2) is 29.4 Å². The number of carbonyl (C=O) groups is 2. The van der Waals surface area contributed by atoms with Crippen molar-refractivity contribution in [3.05, 3.63) is 34.6 Å². The summed E-state index contributed by atoms with van der Waals surface area (Å²) < 4.78 is 18.8. The topological polar surface area (TPSA) is 46.6 Å². The summed E-state index contributed by atoms with van der Waals surface area (Å²) in [7, 11) is 0. The number of hydrogen-bond acceptors (Lipinski definition) is 3. The molecular formula is C15H18FNO3. The third-order valence-corrected chi connectivity index (χ3v) is 3.11. The standard InChI is InChI=1S/C15H18FNO3/c1-15(2,3)20-14(19)17-5-4-13-10(8-17)6-12(16)7-11(13)9-18/h6-7,9H,4-5,8H2,1-3H3. The van der Waals surface area contributed by atoms with E-state index in [0.29, 0.717) is 30.4 Å². The molecule has 108 valence electrons. The van der Waals surface area contributed by atoms with Gasteiger partial charge in [-0.05, 0) is 50.5 Å². The second-order valence-corrected chi connectivity index (χ2v) is 5.90. The molecule has 5 heteroatoms. The third kappa shape index (κ3) is 3.15. The predicted molar refractivity (Wildman–Crippen MR) is 72.1 cm³/mol. The van der Waals surface area contributed by atoms with E-state index in [4.69, 9.17) is 4.74 Å². The van der Waals surface area contributed by atoms with Gasteiger partial charge in [-0.2, -0.15) is 0 Å². The molecule has 1 aliphatic heterocycles. The molecule has 0 aliphatic carbocycles. The fourth-order valence-corrected chi connectivity index (χ4v) is 2.28. The zero-order valence-corrected chi connectivity index (χ0v) is 11.9. The lowest BCUT2D eigenvalue weighted by Crippen LogP contribution is -2.40. The number of ether oxygens (including phenoxy) is 1. The van der Waals surface area contributed by atoms with Crippen LogP contribution in [0.25, 0.3) is 0 Å². The van der Waals surface area contributed by atoms with Crippen molar-refractivity contribution in [2.24, 2.45) is 0 Å². The Hall–Kier alpha value is -1.91. The Kier molecular flexibility index (Phi) is 3.79. The van der Waals surface area contributed by atoms with Crippen molar-refractivity contribution >= 4 is 12.4 Å². The van der Waals surface area contributed by atoms with Gasteiger partial charge in [0.05, 0.1) is 0 Å². The van der Waals surface area contributed by atoms with Gasteiger partial charge in [-0.1, -0.05) is 0 Å². The van der Waals surface area contributed by atoms with E-state index in [1.807, 2.05) is 0 Å². The summed E-state index contributed by atoms with van der Waals surface area (Å²) in [5.74, 6) is -0.461. The molecule has 1 aliphatic rings. The molecule has 2 rings (SSSR count). The summed E-state index contributed by atoms with van der Waals surface area (Å²) in [6.45, 7) is 6.13. The van der Waals surface area contributed by atoms with Crippen LogP contribution in [0.2, 0.25) is 0 Å². The first-order valence-corrected chi connectivity index (χ1v) is 6.54. The van der Waals surface area contributed by atoms with Crippen LogP contribution in [0.3, 0.4) is 0 Å². The molecule has 1 aromatic carbocycles. The summed E-state index contributed by atoms with van der Waals surface area (Å²) in [6, 6.07) is 2.60. The zero-order valence-electron chi connectivity index (χ0n) is 11.9. The van der Waals surface area contributed by atoms with Gasteiger partial charge in [-0.3, -0.25) is 4.79 Å². The molecular weight excluding hydrogens is 261 g/mol. The van der Waals surface area contributed by atoms with Crippen molar-refractivity contribution in [2.45, 2.75) is 39.3 Å². The second kappa shape index (κ2) is 5.23. The Morgan fingerprint density at radius 2 is 2.10 bits per heavy atom. The number of halogens is 1. The minimum Gasteiger partial charge on any atom is -0.444 e. The molecule has 0 bridgehead atoms. The van der Waals surface area contributed by atoms with Crippen molar-refractivity contribution < 1.29 is 18.7 Å². The Labute approximate surface area is 117 Å². The molecule has 0 unspecified atom stereocenters. The first-order chi connectivity index (χ1) is 9.30. The van der Waals surface area contributed by atoms with Crippen molar-refractivity contribution in [3.8, 4) is 0 Å². The van der Waals surface area contributed by atoms with Gasteiger partial charge in [0.1, 0.15) is 17.7 Å². The van der Waals surface area contributed by atoms with Crippen LogP contribution in [-0.2, 0) is 17.7 Å². The molecule has 0 saturated carbocycles. The molecule has 4 nitrogen and oxygen atoms in total. The largest absolute Gasteiger partial charge is 0.444 e. The van der Waals surface area contributed by atoms with Gasteiger partial charge in [0.2, 0.25) is 0 Å². The van der Waals surface area contributed by atoms with Crippen LogP contribution < -0.4 is 0 Å². The highest BCUT2D eigenvalue weighted by Crippen LogP contribution is 2.24. The van der Waals surface area contributed by atoms with E-state index in [1.165, 1.54) is 17.0 Å². The minimum atomic E-state index is -0.562. The van der Waals surface area contributed by atoms with Crippen molar-refractivity contribution in [3.63, 3.8) is 0 Å². The molecule has 0 radical (unpaired) electrons. The number of rotatable bonds is 1. The van der Waals surface area contributed by atoms with E-state index < -0.39 is 17.5 Å². The average Bonchev–Trinajstić information content (AvgIpc) is 2.34. The van der Waals surface area contributed by atoms with Gasteiger partial charge in [-0.25, -0.2) is 9.18 Å². The van der Waals surface area contributed by atoms with Crippen molar-refractivity contribution in [2.75, 3.05) is 6.54 Å². The van der Waals surface area contributed by atoms with Gasteiger partial charge in [-0.15, -0.1) is 0 Å². The molecule has 0 N–H and O–H groups in total. The van der Waals surface area contributed by atoms with E-state index >= 15 is 0 Å². The van der Waals surface area contributed by atoms with Crippen LogP contribution in [0.5, 0.6) is 0 Å². The second-order valence-electron chi connectivity index (χ2n) is 5.90. The lowest BCUT2D eigenvalue weighted by atomic mass is 9.95. The highest BCUT2D eigenvalue weighted by molar-refractivity contribution is 5.78. The van der Waals surface area contributed by atoms with Gasteiger partial charge in [0.15, 0.2) is 0 Å². The van der Waals surface area contributed by atoms with Gasteiger partial charge in [0, 0.05) is 18.7 Å². The molecule has 0 saturated heterocycles. The highest BCUT2D eigenvalue weighted by atomic mass is 19.1. The number of aldehydes is 1. The third-order valence-electron chi connectivity index (χ3n) is 3.11. The fraction of sp³-hybridized carbons (Fsp3) is 0.467. The van der Waals surface area contributed by atoms with E-state index in [-0.39, 0.29) is 6.54 Å². The van der Waals surface area contributed by atoms with Crippen LogP contribution in [0, 0.1) is 5.82 Å². The van der Waals surface area contributed by atoms with E-state index in [0.717, 1.165) is 5.56 Å². The van der Waals surface area contributed by atoms with E-state index in [1.54, 1.807) is 20.8 Å². The van der Waals surface area contributed by atoms with E-state index in [9.17, 15) is 14.0 Å². The molecule has 1 aromatic rings. The van der Waals surface area contributed by atoms with Crippen LogP contribution in [0.4, 0.5) is 9.18 Å². The first kappa shape index (κ1) is 14.5. The minimum absolute atomic E-state index is 0.267. The summed E-state index contributed by atoms with van der Waals surface area (Å²) in [6.07, 6.45) is 0.772. The maximum absolute atomic E-state index is 13.4. The lowest BCUT2D eigenvalue weighted by Gasteiger charge is -2.31. The number of benzene rings is 1. The molecule has 0 fully saturated rings. The summed E-state index contributed by atoms with van der Waals surface area (Å²) in [4.78, 5) is 24.5. The SMILES string of the molecule is CC(C)(C)OC(=O)N1CCc2c(C=O)cc(F)cc2C1. The lowest BCUT2D eigenvalue weighted by molar-refractivity contribution is 0.0223. The number of amides is 1. The van der Waals surface area contributed by atoms with E-state index in [2.05, 4.69) is 0 Å². The monoisotopic (exact) mass is 279 g/mol. The van der Waals surface area contributed by atoms with Crippen LogP contribution >= 0.6 is 0 Å². The van der Waals surface area contributed by atoms with Gasteiger partial charge < -0.3 is 9.64 Å². The number of carbonyl (C=O) groups excluding carboxylic acids is 2. The molecule has 0 aromatic heterocycles. The zero-order chi connectivity index (χ0) is 14.9. The Bertz CT molecular complexity index is 549. The summed E-state index contributed by atoms with van der Waals surface area (Å²) in [5.41, 5.74) is 1.29.